The van der Waals surface area contributed by atoms with Gasteiger partial charge in [-0.05, 0) is 37.5 Å². The maximum absolute atomic E-state index is 12.7. The van der Waals surface area contributed by atoms with Gasteiger partial charge < -0.3 is 5.32 Å². The lowest BCUT2D eigenvalue weighted by atomic mass is 9.96. The topological polar surface area (TPSA) is 66.5 Å². The van der Waals surface area contributed by atoms with Crippen LogP contribution in [0.5, 0.6) is 0 Å². The van der Waals surface area contributed by atoms with Crippen LogP contribution in [-0.4, -0.2) is 38.8 Å². The first kappa shape index (κ1) is 18.9. The smallest absolute Gasteiger partial charge is 0.251 e. The van der Waals surface area contributed by atoms with Crippen LogP contribution >= 0.6 is 0 Å². The Hall–Kier alpha value is -1.40. The van der Waals surface area contributed by atoms with Crippen LogP contribution in [0.4, 0.5) is 0 Å². The Morgan fingerprint density at radius 1 is 1.08 bits per heavy atom. The van der Waals surface area contributed by atoms with Gasteiger partial charge in [-0.1, -0.05) is 38.2 Å². The standard InChI is InChI=1S/C18H28N2O3S/c1-14-11-12-16(24(22,23)20(2)3)13-17(14)18(21)19-15-9-7-5-4-6-8-10-15/h11-13,15H,4-10H2,1-3H3,(H,19,21). The third-order valence-electron chi connectivity index (χ3n) is 4.67. The molecule has 0 radical (unpaired) electrons. The van der Waals surface area contributed by atoms with E-state index in [4.69, 9.17) is 0 Å². The van der Waals surface area contributed by atoms with E-state index in [0.717, 1.165) is 35.6 Å². The molecule has 0 aliphatic heterocycles. The number of aryl methyl sites for hydroxylation is 1. The minimum absolute atomic E-state index is 0.154. The minimum Gasteiger partial charge on any atom is -0.349 e. The molecule has 6 heteroatoms. The number of hydrogen-bond donors (Lipinski definition) is 1. The lowest BCUT2D eigenvalue weighted by Crippen LogP contribution is -2.35. The number of carbonyl (C=O) groups is 1. The highest BCUT2D eigenvalue weighted by atomic mass is 32.2. The zero-order valence-electron chi connectivity index (χ0n) is 14.8. The van der Waals surface area contributed by atoms with E-state index < -0.39 is 10.0 Å². The molecule has 24 heavy (non-hydrogen) atoms. The molecule has 2 rings (SSSR count). The van der Waals surface area contributed by atoms with Crippen LogP contribution in [0.15, 0.2) is 23.1 Å². The number of rotatable bonds is 4. The number of amides is 1. The van der Waals surface area contributed by atoms with E-state index in [1.807, 2.05) is 6.92 Å². The molecule has 1 fully saturated rings. The van der Waals surface area contributed by atoms with Crippen molar-refractivity contribution >= 4 is 15.9 Å². The van der Waals surface area contributed by atoms with Gasteiger partial charge in [0.25, 0.3) is 5.91 Å². The fourth-order valence-corrected chi connectivity index (χ4v) is 4.01. The van der Waals surface area contributed by atoms with Crippen LogP contribution in [0.2, 0.25) is 0 Å². The van der Waals surface area contributed by atoms with Gasteiger partial charge in [0.1, 0.15) is 0 Å². The van der Waals surface area contributed by atoms with Crippen molar-refractivity contribution in [3.05, 3.63) is 29.3 Å². The Bertz CT molecular complexity index is 676. The summed E-state index contributed by atoms with van der Waals surface area (Å²) in [5.41, 5.74) is 1.23. The molecule has 1 N–H and O–H groups in total. The molecule has 5 nitrogen and oxygen atoms in total. The molecule has 0 heterocycles. The maximum Gasteiger partial charge on any atom is 0.251 e. The summed E-state index contributed by atoms with van der Waals surface area (Å²) >= 11 is 0. The number of benzene rings is 1. The molecule has 0 spiro atoms. The zero-order valence-corrected chi connectivity index (χ0v) is 15.7. The summed E-state index contributed by atoms with van der Waals surface area (Å²) in [6.07, 6.45) is 8.01. The molecule has 1 saturated carbocycles. The lowest BCUT2D eigenvalue weighted by Gasteiger charge is -2.22. The highest BCUT2D eigenvalue weighted by molar-refractivity contribution is 7.89. The van der Waals surface area contributed by atoms with Crippen molar-refractivity contribution < 1.29 is 13.2 Å². The quantitative estimate of drug-likeness (QED) is 0.905. The Balaban J connectivity index is 2.19. The van der Waals surface area contributed by atoms with Crippen molar-refractivity contribution in [2.24, 2.45) is 0 Å². The van der Waals surface area contributed by atoms with Gasteiger partial charge in [-0.2, -0.15) is 0 Å². The third-order valence-corrected chi connectivity index (χ3v) is 6.48. The number of hydrogen-bond acceptors (Lipinski definition) is 3. The summed E-state index contributed by atoms with van der Waals surface area (Å²) in [4.78, 5) is 12.8. The van der Waals surface area contributed by atoms with Crippen molar-refractivity contribution in [1.82, 2.24) is 9.62 Å². The summed E-state index contributed by atoms with van der Waals surface area (Å²) in [6, 6.07) is 4.93. The van der Waals surface area contributed by atoms with Gasteiger partial charge in [-0.15, -0.1) is 0 Å². The first-order valence-electron chi connectivity index (χ1n) is 8.66. The van der Waals surface area contributed by atoms with Crippen LogP contribution < -0.4 is 5.32 Å². The highest BCUT2D eigenvalue weighted by Gasteiger charge is 2.21. The van der Waals surface area contributed by atoms with Crippen LogP contribution in [-0.2, 0) is 10.0 Å². The van der Waals surface area contributed by atoms with Crippen molar-refractivity contribution in [2.45, 2.75) is 62.8 Å². The van der Waals surface area contributed by atoms with E-state index in [1.54, 1.807) is 12.1 Å². The molecular formula is C18H28N2O3S. The highest BCUT2D eigenvalue weighted by Crippen LogP contribution is 2.20. The first-order chi connectivity index (χ1) is 11.3. The van der Waals surface area contributed by atoms with Crippen molar-refractivity contribution in [1.29, 1.82) is 0 Å². The number of sulfonamides is 1. The molecule has 1 amide bonds. The van der Waals surface area contributed by atoms with Gasteiger partial charge in [0.05, 0.1) is 4.90 Å². The van der Waals surface area contributed by atoms with Gasteiger partial charge in [-0.3, -0.25) is 4.79 Å². The molecule has 1 aromatic rings. The second kappa shape index (κ2) is 8.12. The fraction of sp³-hybridized carbons (Fsp3) is 0.611. The summed E-state index contributed by atoms with van der Waals surface area (Å²) < 4.78 is 25.7. The second-order valence-electron chi connectivity index (χ2n) is 6.78. The maximum atomic E-state index is 12.7. The molecule has 1 aromatic carbocycles. The fourth-order valence-electron chi connectivity index (χ4n) is 3.08. The van der Waals surface area contributed by atoms with Crippen LogP contribution in [0.1, 0.15) is 60.9 Å². The molecule has 1 aliphatic rings. The average molecular weight is 353 g/mol. The monoisotopic (exact) mass is 352 g/mol. The number of carbonyl (C=O) groups excluding carboxylic acids is 1. The summed E-state index contributed by atoms with van der Waals surface area (Å²) in [5.74, 6) is -0.172. The summed E-state index contributed by atoms with van der Waals surface area (Å²) in [5, 5.41) is 3.10. The molecule has 0 aromatic heterocycles. The molecule has 0 saturated heterocycles. The minimum atomic E-state index is -3.54. The molecule has 0 unspecified atom stereocenters. The summed E-state index contributed by atoms with van der Waals surface area (Å²) in [7, 11) is -0.561. The predicted octanol–water partition coefficient (Wildman–Crippen LogP) is 3.09. The van der Waals surface area contributed by atoms with Gasteiger partial charge in [0.2, 0.25) is 10.0 Å². The Morgan fingerprint density at radius 3 is 2.25 bits per heavy atom. The Morgan fingerprint density at radius 2 is 1.67 bits per heavy atom. The van der Waals surface area contributed by atoms with Crippen molar-refractivity contribution in [2.75, 3.05) is 14.1 Å². The predicted molar refractivity (Wildman–Crippen MR) is 95.6 cm³/mol. The largest absolute Gasteiger partial charge is 0.349 e. The average Bonchev–Trinajstić information content (AvgIpc) is 2.49. The number of nitrogens with zero attached hydrogens (tertiary/aromatic N) is 1. The van der Waals surface area contributed by atoms with Crippen molar-refractivity contribution in [3.63, 3.8) is 0 Å². The second-order valence-corrected chi connectivity index (χ2v) is 8.93. The van der Waals surface area contributed by atoms with E-state index in [9.17, 15) is 13.2 Å². The SMILES string of the molecule is Cc1ccc(S(=O)(=O)N(C)C)cc1C(=O)NC1CCCCCCC1. The van der Waals surface area contributed by atoms with E-state index in [0.29, 0.717) is 5.56 Å². The Kier molecular flexibility index (Phi) is 6.40. The zero-order chi connectivity index (χ0) is 17.7. The van der Waals surface area contributed by atoms with E-state index in [-0.39, 0.29) is 16.8 Å². The van der Waals surface area contributed by atoms with E-state index in [1.165, 1.54) is 39.4 Å². The van der Waals surface area contributed by atoms with Crippen LogP contribution in [0.3, 0.4) is 0 Å². The van der Waals surface area contributed by atoms with Crippen LogP contribution in [0.25, 0.3) is 0 Å². The normalized spacial score (nSPS) is 17.3. The van der Waals surface area contributed by atoms with Gasteiger partial charge in [0, 0.05) is 25.7 Å². The van der Waals surface area contributed by atoms with Crippen LogP contribution in [0, 0.1) is 6.92 Å². The third kappa shape index (κ3) is 4.57. The number of nitrogens with one attached hydrogen (secondary N) is 1. The van der Waals surface area contributed by atoms with Gasteiger partial charge in [0.15, 0.2) is 0 Å². The molecule has 0 atom stereocenters. The van der Waals surface area contributed by atoms with E-state index in [2.05, 4.69) is 5.32 Å². The first-order valence-corrected chi connectivity index (χ1v) is 10.1. The molecular weight excluding hydrogens is 324 g/mol. The molecule has 134 valence electrons. The van der Waals surface area contributed by atoms with Gasteiger partial charge >= 0.3 is 0 Å². The molecule has 0 bridgehead atoms. The molecule has 1 aliphatic carbocycles. The Labute approximate surface area is 145 Å². The summed E-state index contributed by atoms with van der Waals surface area (Å²) in [6.45, 7) is 1.83. The van der Waals surface area contributed by atoms with E-state index >= 15 is 0 Å². The lowest BCUT2D eigenvalue weighted by molar-refractivity contribution is 0.0929. The van der Waals surface area contributed by atoms with Crippen molar-refractivity contribution in [3.8, 4) is 0 Å². The van der Waals surface area contributed by atoms with Gasteiger partial charge in [-0.25, -0.2) is 12.7 Å².